The third-order valence-corrected chi connectivity index (χ3v) is 3.39. The van der Waals surface area contributed by atoms with Gasteiger partial charge in [-0.25, -0.2) is 0 Å². The van der Waals surface area contributed by atoms with Crippen molar-refractivity contribution in [3.8, 4) is 5.75 Å². The highest BCUT2D eigenvalue weighted by Crippen LogP contribution is 2.29. The van der Waals surface area contributed by atoms with E-state index in [-0.39, 0.29) is 0 Å². The molecule has 78 valence electrons. The molecule has 0 aromatic heterocycles. The quantitative estimate of drug-likeness (QED) is 0.618. The number of ether oxygens (including phenoxy) is 1. The Balaban J connectivity index is 3.04. The van der Waals surface area contributed by atoms with Gasteiger partial charge >= 0.3 is 0 Å². The van der Waals surface area contributed by atoms with Crippen molar-refractivity contribution in [3.63, 3.8) is 0 Å². The van der Waals surface area contributed by atoms with E-state index < -0.39 is 0 Å². The molecule has 4 heteroatoms. The van der Waals surface area contributed by atoms with Crippen molar-refractivity contribution in [3.05, 3.63) is 23.8 Å². The second-order valence-corrected chi connectivity index (χ2v) is 4.28. The minimum absolute atomic E-state index is 0.838. The van der Waals surface area contributed by atoms with Gasteiger partial charge in [-0.1, -0.05) is 27.9 Å². The first kappa shape index (κ1) is 11.7. The summed E-state index contributed by atoms with van der Waals surface area (Å²) in [5.41, 5.74) is 2.45. The Bertz CT molecular complexity index is 306. The van der Waals surface area contributed by atoms with Crippen LogP contribution < -0.4 is 9.04 Å². The molecule has 0 atom stereocenters. The van der Waals surface area contributed by atoms with Gasteiger partial charge in [0.15, 0.2) is 0 Å². The van der Waals surface area contributed by atoms with Crippen molar-refractivity contribution >= 4 is 33.6 Å². The molecule has 0 heterocycles. The Kier molecular flexibility index (Phi) is 4.62. The van der Waals surface area contributed by atoms with Gasteiger partial charge in [-0.3, -0.25) is 0 Å². The lowest BCUT2D eigenvalue weighted by Crippen LogP contribution is -2.07. The predicted molar refractivity (Wildman–Crippen MR) is 67.5 cm³/mol. The van der Waals surface area contributed by atoms with Gasteiger partial charge in [0.1, 0.15) is 5.75 Å². The predicted octanol–water partition coefficient (Wildman–Crippen LogP) is 3.30. The summed E-state index contributed by atoms with van der Waals surface area (Å²) in [6, 6.07) is 6.11. The van der Waals surface area contributed by atoms with Crippen LogP contribution in [0, 0.1) is 0 Å². The summed E-state index contributed by atoms with van der Waals surface area (Å²) in [6.45, 7) is 0. The SMILES string of the molecule is COc1ccc(N(C)SC)c(CBr)c1. The van der Waals surface area contributed by atoms with E-state index in [4.69, 9.17) is 4.74 Å². The van der Waals surface area contributed by atoms with Crippen LogP contribution in [-0.2, 0) is 5.33 Å². The number of hydrogen-bond donors (Lipinski definition) is 0. The van der Waals surface area contributed by atoms with Gasteiger partial charge in [-0.05, 0) is 23.8 Å². The van der Waals surface area contributed by atoms with E-state index in [1.54, 1.807) is 19.1 Å². The van der Waals surface area contributed by atoms with Crippen molar-refractivity contribution < 1.29 is 4.74 Å². The third kappa shape index (κ3) is 2.58. The Morgan fingerprint density at radius 2 is 2.21 bits per heavy atom. The lowest BCUT2D eigenvalue weighted by molar-refractivity contribution is 0.414. The van der Waals surface area contributed by atoms with Crippen LogP contribution in [0.15, 0.2) is 18.2 Å². The number of rotatable bonds is 4. The van der Waals surface area contributed by atoms with Gasteiger partial charge in [-0.2, -0.15) is 0 Å². The number of nitrogens with zero attached hydrogens (tertiary/aromatic N) is 1. The van der Waals surface area contributed by atoms with Crippen LogP contribution in [0.25, 0.3) is 0 Å². The Labute approximate surface area is 97.9 Å². The standard InChI is InChI=1S/C10H14BrNOS/c1-12(14-3)10-5-4-9(13-2)6-8(10)7-11/h4-6H,7H2,1-3H3. The van der Waals surface area contributed by atoms with Crippen molar-refractivity contribution in [2.75, 3.05) is 24.7 Å². The topological polar surface area (TPSA) is 12.5 Å². The molecule has 0 amide bonds. The number of methoxy groups -OCH3 is 1. The molecular weight excluding hydrogens is 262 g/mol. The molecule has 0 bridgehead atoms. The molecule has 0 unspecified atom stereocenters. The van der Waals surface area contributed by atoms with Crippen molar-refractivity contribution in [2.24, 2.45) is 0 Å². The average molecular weight is 276 g/mol. The largest absolute Gasteiger partial charge is 0.497 e. The van der Waals surface area contributed by atoms with Crippen molar-refractivity contribution in [1.29, 1.82) is 0 Å². The van der Waals surface area contributed by atoms with E-state index >= 15 is 0 Å². The number of benzene rings is 1. The zero-order chi connectivity index (χ0) is 10.6. The maximum atomic E-state index is 5.18. The second kappa shape index (κ2) is 5.51. The van der Waals surface area contributed by atoms with E-state index in [1.165, 1.54) is 11.3 Å². The molecule has 1 rings (SSSR count). The summed E-state index contributed by atoms with van der Waals surface area (Å²) in [4.78, 5) is 0. The molecule has 1 aromatic rings. The maximum absolute atomic E-state index is 5.18. The van der Waals surface area contributed by atoms with Crippen LogP contribution in [0.2, 0.25) is 0 Å². The van der Waals surface area contributed by atoms with E-state index in [1.807, 2.05) is 6.07 Å². The average Bonchev–Trinajstić information content (AvgIpc) is 2.27. The summed E-state index contributed by atoms with van der Waals surface area (Å²) in [6.07, 6.45) is 2.06. The fourth-order valence-electron chi connectivity index (χ4n) is 1.20. The zero-order valence-electron chi connectivity index (χ0n) is 8.58. The van der Waals surface area contributed by atoms with Crippen molar-refractivity contribution in [1.82, 2.24) is 0 Å². The zero-order valence-corrected chi connectivity index (χ0v) is 11.0. The fraction of sp³-hybridized carbons (Fsp3) is 0.400. The Hall–Kier alpha value is -0.350. The second-order valence-electron chi connectivity index (χ2n) is 2.81. The monoisotopic (exact) mass is 275 g/mol. The molecule has 0 radical (unpaired) electrons. The summed E-state index contributed by atoms with van der Waals surface area (Å²) < 4.78 is 7.31. The summed E-state index contributed by atoms with van der Waals surface area (Å²) in [5.74, 6) is 0.901. The molecule has 1 aromatic carbocycles. The Morgan fingerprint density at radius 1 is 1.50 bits per heavy atom. The lowest BCUT2D eigenvalue weighted by Gasteiger charge is -2.19. The number of anilines is 1. The number of alkyl halides is 1. The molecule has 14 heavy (non-hydrogen) atoms. The van der Waals surface area contributed by atoms with E-state index in [0.29, 0.717) is 0 Å². The van der Waals surface area contributed by atoms with Crippen molar-refractivity contribution in [2.45, 2.75) is 5.33 Å². The summed E-state index contributed by atoms with van der Waals surface area (Å²) in [7, 11) is 3.74. The van der Waals surface area contributed by atoms with Gasteiger partial charge in [0, 0.05) is 18.6 Å². The van der Waals surface area contributed by atoms with Gasteiger partial charge in [0.2, 0.25) is 0 Å². The van der Waals surface area contributed by atoms with Gasteiger partial charge < -0.3 is 9.04 Å². The molecule has 2 nitrogen and oxygen atoms in total. The van der Waals surface area contributed by atoms with Crippen LogP contribution in [0.5, 0.6) is 5.75 Å². The lowest BCUT2D eigenvalue weighted by atomic mass is 10.2. The fourth-order valence-corrected chi connectivity index (χ4v) is 2.03. The normalized spacial score (nSPS) is 10.0. The molecule has 0 aliphatic carbocycles. The Morgan fingerprint density at radius 3 is 2.71 bits per heavy atom. The molecule has 0 N–H and O–H groups in total. The molecule has 0 fully saturated rings. The summed E-state index contributed by atoms with van der Waals surface area (Å²) in [5, 5.41) is 0.838. The van der Waals surface area contributed by atoms with Gasteiger partial charge in [0.05, 0.1) is 12.8 Å². The third-order valence-electron chi connectivity index (χ3n) is 2.04. The minimum atomic E-state index is 0.838. The first-order valence-corrected chi connectivity index (χ1v) is 6.54. The first-order chi connectivity index (χ1) is 6.72. The van der Waals surface area contributed by atoms with Crippen LogP contribution in [0.1, 0.15) is 5.56 Å². The van der Waals surface area contributed by atoms with E-state index in [0.717, 1.165) is 11.1 Å². The number of halogens is 1. The minimum Gasteiger partial charge on any atom is -0.497 e. The smallest absolute Gasteiger partial charge is 0.119 e. The molecule has 0 aliphatic rings. The molecule has 0 saturated carbocycles. The van der Waals surface area contributed by atoms with Crippen LogP contribution in [0.3, 0.4) is 0 Å². The molecule has 0 saturated heterocycles. The van der Waals surface area contributed by atoms with Crippen LogP contribution >= 0.6 is 27.9 Å². The highest BCUT2D eigenvalue weighted by Gasteiger charge is 2.06. The van der Waals surface area contributed by atoms with E-state index in [9.17, 15) is 0 Å². The van der Waals surface area contributed by atoms with Gasteiger partial charge in [0.25, 0.3) is 0 Å². The van der Waals surface area contributed by atoms with Gasteiger partial charge in [-0.15, -0.1) is 0 Å². The first-order valence-electron chi connectivity index (χ1n) is 4.23. The van der Waals surface area contributed by atoms with Crippen LogP contribution in [-0.4, -0.2) is 20.4 Å². The van der Waals surface area contributed by atoms with Crippen LogP contribution in [0.4, 0.5) is 5.69 Å². The maximum Gasteiger partial charge on any atom is 0.119 e. The molecule has 0 spiro atoms. The molecular formula is C10H14BrNOS. The highest BCUT2D eigenvalue weighted by atomic mass is 79.9. The summed E-state index contributed by atoms with van der Waals surface area (Å²) >= 11 is 5.17. The van der Waals surface area contributed by atoms with E-state index in [2.05, 4.69) is 45.7 Å². The highest BCUT2D eigenvalue weighted by molar-refractivity contribution is 9.08. The molecule has 0 aliphatic heterocycles. The number of hydrogen-bond acceptors (Lipinski definition) is 3.